The first-order valence-corrected chi connectivity index (χ1v) is 10.6. The predicted molar refractivity (Wildman–Crippen MR) is 118 cm³/mol. The number of carbonyl (C=O) groups is 1. The number of anilines is 1. The topological polar surface area (TPSA) is 81.4 Å². The van der Waals surface area contributed by atoms with Crippen molar-refractivity contribution in [1.82, 2.24) is 19.8 Å². The quantitative estimate of drug-likeness (QED) is 0.452. The van der Waals surface area contributed by atoms with Crippen molar-refractivity contribution < 1.29 is 9.53 Å². The van der Waals surface area contributed by atoms with Crippen molar-refractivity contribution in [2.24, 2.45) is 0 Å². The molecule has 1 amide bonds. The van der Waals surface area contributed by atoms with Crippen molar-refractivity contribution in [3.05, 3.63) is 66.2 Å². The van der Waals surface area contributed by atoms with Gasteiger partial charge in [0, 0.05) is 5.56 Å². The van der Waals surface area contributed by atoms with E-state index in [-0.39, 0.29) is 11.7 Å². The van der Waals surface area contributed by atoms with Crippen LogP contribution in [-0.4, -0.2) is 38.1 Å². The van der Waals surface area contributed by atoms with Gasteiger partial charge in [-0.3, -0.25) is 4.79 Å². The molecule has 0 unspecified atom stereocenters. The van der Waals surface area contributed by atoms with Gasteiger partial charge in [-0.25, -0.2) is 0 Å². The van der Waals surface area contributed by atoms with Gasteiger partial charge < -0.3 is 10.1 Å². The highest BCUT2D eigenvalue weighted by atomic mass is 32.2. The minimum Gasteiger partial charge on any atom is -0.492 e. The fourth-order valence-corrected chi connectivity index (χ4v) is 3.56. The lowest BCUT2D eigenvalue weighted by molar-refractivity contribution is -0.113. The van der Waals surface area contributed by atoms with E-state index in [1.807, 2.05) is 74.5 Å². The predicted octanol–water partition coefficient (Wildman–Crippen LogP) is 4.23. The molecular formula is C22H21N5O2S. The Hall–Kier alpha value is -3.39. The molecule has 0 saturated heterocycles. The summed E-state index contributed by atoms with van der Waals surface area (Å²) in [5.74, 6) is 1.42. The van der Waals surface area contributed by atoms with Crippen LogP contribution in [0.5, 0.6) is 5.75 Å². The largest absolute Gasteiger partial charge is 0.492 e. The number of rotatable bonds is 7. The first-order chi connectivity index (χ1) is 14.6. The van der Waals surface area contributed by atoms with Gasteiger partial charge in [-0.05, 0) is 38.1 Å². The minimum atomic E-state index is -0.128. The molecule has 8 heteroatoms. The summed E-state index contributed by atoms with van der Waals surface area (Å²) in [6.07, 6.45) is 0. The normalized spacial score (nSPS) is 10.9. The van der Waals surface area contributed by atoms with Crippen LogP contribution in [-0.2, 0) is 4.79 Å². The van der Waals surface area contributed by atoms with Crippen LogP contribution in [0.25, 0.3) is 17.0 Å². The van der Waals surface area contributed by atoms with E-state index in [0.717, 1.165) is 5.56 Å². The minimum absolute atomic E-state index is 0.128. The molecule has 0 aliphatic rings. The number of ether oxygens (including phenoxy) is 1. The lowest BCUT2D eigenvalue weighted by Crippen LogP contribution is -2.15. The first-order valence-electron chi connectivity index (χ1n) is 9.58. The highest BCUT2D eigenvalue weighted by Crippen LogP contribution is 2.25. The first kappa shape index (κ1) is 19.9. The van der Waals surface area contributed by atoms with E-state index in [0.29, 0.717) is 34.5 Å². The molecule has 0 aliphatic heterocycles. The van der Waals surface area contributed by atoms with E-state index in [2.05, 4.69) is 20.6 Å². The second kappa shape index (κ2) is 8.96. The van der Waals surface area contributed by atoms with Gasteiger partial charge in [0.15, 0.2) is 11.5 Å². The van der Waals surface area contributed by atoms with Gasteiger partial charge in [0.05, 0.1) is 18.0 Å². The highest BCUT2D eigenvalue weighted by Gasteiger charge is 2.12. The van der Waals surface area contributed by atoms with Gasteiger partial charge in [0.25, 0.3) is 0 Å². The average molecular weight is 420 g/mol. The summed E-state index contributed by atoms with van der Waals surface area (Å²) < 4.78 is 7.26. The number of hydrogen-bond acceptors (Lipinski definition) is 6. The molecule has 0 radical (unpaired) electrons. The maximum Gasteiger partial charge on any atom is 0.234 e. The zero-order valence-electron chi connectivity index (χ0n) is 16.7. The van der Waals surface area contributed by atoms with Crippen LogP contribution in [0.4, 0.5) is 5.69 Å². The molecule has 0 bridgehead atoms. The number of amides is 1. The zero-order valence-corrected chi connectivity index (χ0v) is 17.5. The van der Waals surface area contributed by atoms with Crippen LogP contribution in [0.3, 0.4) is 0 Å². The molecule has 1 N–H and O–H groups in total. The number of nitrogens with one attached hydrogen (secondary N) is 1. The Balaban J connectivity index is 1.47. The van der Waals surface area contributed by atoms with E-state index in [1.165, 1.54) is 17.3 Å². The number of benzene rings is 2. The number of nitrogens with zero attached hydrogens (tertiary/aromatic N) is 4. The smallest absolute Gasteiger partial charge is 0.234 e. The number of carbonyl (C=O) groups excluding carboxylic acids is 1. The van der Waals surface area contributed by atoms with Crippen LogP contribution in [0.1, 0.15) is 12.5 Å². The van der Waals surface area contributed by atoms with Crippen molar-refractivity contribution in [2.45, 2.75) is 18.9 Å². The van der Waals surface area contributed by atoms with Crippen molar-refractivity contribution >= 4 is 29.0 Å². The number of hydrogen-bond donors (Lipinski definition) is 1. The molecule has 2 aromatic heterocycles. The van der Waals surface area contributed by atoms with Crippen LogP contribution in [0, 0.1) is 6.92 Å². The molecule has 30 heavy (non-hydrogen) atoms. The fraction of sp³-hybridized carbons (Fsp3) is 0.182. The maximum atomic E-state index is 12.4. The van der Waals surface area contributed by atoms with E-state index >= 15 is 0 Å². The molecule has 4 aromatic rings. The van der Waals surface area contributed by atoms with E-state index in [1.54, 1.807) is 4.52 Å². The number of aromatic nitrogens is 4. The van der Waals surface area contributed by atoms with Crippen molar-refractivity contribution in [3.63, 3.8) is 0 Å². The van der Waals surface area contributed by atoms with Gasteiger partial charge in [0.1, 0.15) is 10.8 Å². The Kier molecular flexibility index (Phi) is 5.94. The summed E-state index contributed by atoms with van der Waals surface area (Å²) in [4.78, 5) is 12.4. The van der Waals surface area contributed by atoms with E-state index < -0.39 is 0 Å². The molecule has 2 aromatic carbocycles. The summed E-state index contributed by atoms with van der Waals surface area (Å²) in [6, 6.07) is 19.1. The SMILES string of the molecule is CCOc1ccccc1NC(=O)CSc1ccc2nnc(-c3ccc(C)cc3)n2n1. The Bertz CT molecular complexity index is 1170. The third-order valence-electron chi connectivity index (χ3n) is 4.36. The second-order valence-corrected chi connectivity index (χ2v) is 7.59. The van der Waals surface area contributed by atoms with Crippen LogP contribution in [0.15, 0.2) is 65.7 Å². The Morgan fingerprint density at radius 3 is 2.67 bits per heavy atom. The molecule has 0 aliphatic carbocycles. The molecule has 0 fully saturated rings. The van der Waals surface area contributed by atoms with Crippen molar-refractivity contribution in [1.29, 1.82) is 0 Å². The molecule has 0 atom stereocenters. The number of aryl methyl sites for hydroxylation is 1. The summed E-state index contributed by atoms with van der Waals surface area (Å²) in [5.41, 5.74) is 3.43. The molecule has 0 spiro atoms. The summed E-state index contributed by atoms with van der Waals surface area (Å²) >= 11 is 1.35. The molecule has 4 rings (SSSR count). The van der Waals surface area contributed by atoms with Gasteiger partial charge in [-0.1, -0.05) is 53.7 Å². The van der Waals surface area contributed by atoms with Crippen molar-refractivity contribution in [2.75, 3.05) is 17.7 Å². The van der Waals surface area contributed by atoms with Crippen LogP contribution >= 0.6 is 11.8 Å². The zero-order chi connectivity index (χ0) is 20.9. The molecule has 0 saturated carbocycles. The average Bonchev–Trinajstić information content (AvgIpc) is 3.18. The monoisotopic (exact) mass is 419 g/mol. The standard InChI is InChI=1S/C22H21N5O2S/c1-3-29-18-7-5-4-6-17(18)23-20(28)14-30-21-13-12-19-24-25-22(27(19)26-21)16-10-8-15(2)9-11-16/h4-13H,3,14H2,1-2H3,(H,23,28). The van der Waals surface area contributed by atoms with Crippen LogP contribution < -0.4 is 10.1 Å². The highest BCUT2D eigenvalue weighted by molar-refractivity contribution is 7.99. The third-order valence-corrected chi connectivity index (χ3v) is 5.28. The second-order valence-electron chi connectivity index (χ2n) is 6.60. The van der Waals surface area contributed by atoms with Crippen molar-refractivity contribution in [3.8, 4) is 17.1 Å². The third kappa shape index (κ3) is 4.44. The number of thioether (sulfide) groups is 1. The maximum absolute atomic E-state index is 12.4. The molecule has 2 heterocycles. The van der Waals surface area contributed by atoms with Gasteiger partial charge >= 0.3 is 0 Å². The lowest BCUT2D eigenvalue weighted by Gasteiger charge is -2.11. The van der Waals surface area contributed by atoms with E-state index in [4.69, 9.17) is 4.74 Å². The molecule has 7 nitrogen and oxygen atoms in total. The van der Waals surface area contributed by atoms with Gasteiger partial charge in [-0.15, -0.1) is 10.2 Å². The number of para-hydroxylation sites is 2. The van der Waals surface area contributed by atoms with Gasteiger partial charge in [0.2, 0.25) is 5.91 Å². The lowest BCUT2D eigenvalue weighted by atomic mass is 10.1. The van der Waals surface area contributed by atoms with Crippen LogP contribution in [0.2, 0.25) is 0 Å². The van der Waals surface area contributed by atoms with E-state index in [9.17, 15) is 4.79 Å². The van der Waals surface area contributed by atoms with Gasteiger partial charge in [-0.2, -0.15) is 9.61 Å². The summed E-state index contributed by atoms with van der Waals surface area (Å²) in [6.45, 7) is 4.48. The summed E-state index contributed by atoms with van der Waals surface area (Å²) in [5, 5.41) is 16.7. The Morgan fingerprint density at radius 2 is 1.87 bits per heavy atom. The molecule has 152 valence electrons. The molecular weight excluding hydrogens is 398 g/mol. The Labute approximate surface area is 178 Å². The summed E-state index contributed by atoms with van der Waals surface area (Å²) in [7, 11) is 0. The number of fused-ring (bicyclic) bond motifs is 1. The fourth-order valence-electron chi connectivity index (χ4n) is 2.91. The Morgan fingerprint density at radius 1 is 1.07 bits per heavy atom.